The van der Waals surface area contributed by atoms with E-state index >= 15 is 0 Å². The minimum Gasteiger partial charge on any atom is -0.321 e. The van der Waals surface area contributed by atoms with Gasteiger partial charge in [-0.3, -0.25) is 19.3 Å². The van der Waals surface area contributed by atoms with Crippen molar-refractivity contribution in [3.63, 3.8) is 0 Å². The van der Waals surface area contributed by atoms with E-state index in [-0.39, 0.29) is 11.6 Å². The molecule has 5 aromatic rings. The molecule has 1 aliphatic rings. The molecular formula is C38H33N5O3S3. The zero-order valence-electron chi connectivity index (χ0n) is 26.6. The van der Waals surface area contributed by atoms with Crippen molar-refractivity contribution in [2.75, 3.05) is 17.2 Å². The van der Waals surface area contributed by atoms with Crippen LogP contribution in [0.4, 0.5) is 10.7 Å². The Hall–Kier alpha value is -4.99. The number of amides is 3. The van der Waals surface area contributed by atoms with Gasteiger partial charge in [-0.15, -0.1) is 34.4 Å². The van der Waals surface area contributed by atoms with Gasteiger partial charge >= 0.3 is 0 Å². The molecule has 2 aromatic heterocycles. The van der Waals surface area contributed by atoms with Gasteiger partial charge < -0.3 is 16.0 Å². The van der Waals surface area contributed by atoms with Crippen molar-refractivity contribution < 1.29 is 14.4 Å². The van der Waals surface area contributed by atoms with E-state index in [0.717, 1.165) is 46.3 Å². The lowest BCUT2D eigenvalue weighted by atomic mass is 10.0. The number of benzene rings is 3. The summed E-state index contributed by atoms with van der Waals surface area (Å²) in [5, 5.41) is 20.7. The van der Waals surface area contributed by atoms with Crippen LogP contribution in [0.15, 0.2) is 113 Å². The summed E-state index contributed by atoms with van der Waals surface area (Å²) in [6.45, 7) is 4.24. The Morgan fingerprint density at radius 1 is 0.980 bits per heavy atom. The Kier molecular flexibility index (Phi) is 11.0. The number of carbonyl (C=O) groups excluding carboxylic acids is 3. The average molecular weight is 704 g/mol. The van der Waals surface area contributed by atoms with Gasteiger partial charge in [0, 0.05) is 45.5 Å². The zero-order valence-corrected chi connectivity index (χ0v) is 29.1. The summed E-state index contributed by atoms with van der Waals surface area (Å²) >= 11 is 4.28. The fourth-order valence-corrected chi connectivity index (χ4v) is 8.24. The largest absolute Gasteiger partial charge is 0.321 e. The van der Waals surface area contributed by atoms with E-state index in [1.54, 1.807) is 48.5 Å². The summed E-state index contributed by atoms with van der Waals surface area (Å²) < 4.78 is 0. The molecule has 1 aliphatic heterocycles. The number of hydrogen-bond acceptors (Lipinski definition) is 8. The SMILES string of the molecule is CC(Sc1cccc(NC(=O)/C(=C/c2cccs2)NC(=O)c2ccccc2)c1)C(=O)Nc1sc2c(c1C#N)CCN(Cc1ccccc1)C2. The lowest BCUT2D eigenvalue weighted by Crippen LogP contribution is -2.30. The fraction of sp³-hybridized carbons (Fsp3) is 0.158. The highest BCUT2D eigenvalue weighted by atomic mass is 32.2. The Bertz CT molecular complexity index is 2020. The van der Waals surface area contributed by atoms with E-state index in [2.05, 4.69) is 39.1 Å². The fourth-order valence-electron chi connectivity index (χ4n) is 5.41. The van der Waals surface area contributed by atoms with Crippen molar-refractivity contribution in [2.24, 2.45) is 0 Å². The standard InChI is InChI=1S/C38H33N5O3S3/c1-25(35(44)42-38-32(22-39)31-17-18-43(24-34(31)49-38)23-26-10-4-2-5-11-26)48-30-15-8-14-28(20-30)40-37(46)33(21-29-16-9-19-47-29)41-36(45)27-12-6-3-7-13-27/h2-16,19-21,25H,17-18,23-24H2,1H3,(H,40,46)(H,41,45)(H,42,44)/b33-21-. The molecule has 1 unspecified atom stereocenters. The third-order valence-electron chi connectivity index (χ3n) is 7.87. The number of rotatable bonds is 11. The summed E-state index contributed by atoms with van der Waals surface area (Å²) in [5.74, 6) is -1.07. The van der Waals surface area contributed by atoms with Gasteiger partial charge in [0.05, 0.1) is 10.8 Å². The van der Waals surface area contributed by atoms with Gasteiger partial charge in [0.25, 0.3) is 11.8 Å². The van der Waals surface area contributed by atoms with E-state index < -0.39 is 17.1 Å². The molecule has 246 valence electrons. The van der Waals surface area contributed by atoms with E-state index in [4.69, 9.17) is 0 Å². The molecule has 0 saturated heterocycles. The van der Waals surface area contributed by atoms with Crippen LogP contribution in [-0.2, 0) is 29.1 Å². The lowest BCUT2D eigenvalue weighted by molar-refractivity contribution is -0.115. The van der Waals surface area contributed by atoms with Crippen LogP contribution in [0.1, 0.15) is 43.7 Å². The van der Waals surface area contributed by atoms with Crippen LogP contribution in [-0.4, -0.2) is 34.4 Å². The molecule has 49 heavy (non-hydrogen) atoms. The van der Waals surface area contributed by atoms with E-state index in [1.807, 2.05) is 54.8 Å². The van der Waals surface area contributed by atoms with Crippen LogP contribution in [0, 0.1) is 11.3 Å². The molecule has 0 aliphatic carbocycles. The predicted molar refractivity (Wildman–Crippen MR) is 199 cm³/mol. The van der Waals surface area contributed by atoms with E-state index in [9.17, 15) is 19.6 Å². The van der Waals surface area contributed by atoms with Crippen LogP contribution in [0.2, 0.25) is 0 Å². The van der Waals surface area contributed by atoms with Gasteiger partial charge in [-0.1, -0.05) is 60.7 Å². The van der Waals surface area contributed by atoms with Crippen molar-refractivity contribution in [3.8, 4) is 6.07 Å². The highest BCUT2D eigenvalue weighted by molar-refractivity contribution is 8.00. The van der Waals surface area contributed by atoms with Crippen molar-refractivity contribution >= 4 is 68.9 Å². The maximum atomic E-state index is 13.4. The molecule has 6 rings (SSSR count). The number of nitriles is 1. The second kappa shape index (κ2) is 15.9. The quantitative estimate of drug-likeness (QED) is 0.0957. The molecular weight excluding hydrogens is 671 g/mol. The number of hydrogen-bond donors (Lipinski definition) is 3. The molecule has 3 amide bonds. The van der Waals surface area contributed by atoms with Crippen LogP contribution in [0.25, 0.3) is 6.08 Å². The smallest absolute Gasteiger partial charge is 0.272 e. The van der Waals surface area contributed by atoms with Gasteiger partial charge in [0.15, 0.2) is 0 Å². The first-order valence-corrected chi connectivity index (χ1v) is 18.3. The first kappa shape index (κ1) is 33.9. The average Bonchev–Trinajstić information content (AvgIpc) is 3.75. The maximum absolute atomic E-state index is 13.4. The highest BCUT2D eigenvalue weighted by Crippen LogP contribution is 2.38. The second-order valence-electron chi connectivity index (χ2n) is 11.4. The normalized spacial score (nSPS) is 13.5. The Morgan fingerprint density at radius 2 is 1.76 bits per heavy atom. The third-order valence-corrected chi connectivity index (χ3v) is 10.9. The van der Waals surface area contributed by atoms with Crippen LogP contribution < -0.4 is 16.0 Å². The number of anilines is 2. The lowest BCUT2D eigenvalue weighted by Gasteiger charge is -2.26. The summed E-state index contributed by atoms with van der Waals surface area (Å²) in [7, 11) is 0. The van der Waals surface area contributed by atoms with Crippen LogP contribution in [0.3, 0.4) is 0 Å². The molecule has 0 bridgehead atoms. The van der Waals surface area contributed by atoms with Crippen LogP contribution in [0.5, 0.6) is 0 Å². The summed E-state index contributed by atoms with van der Waals surface area (Å²) in [6.07, 6.45) is 2.41. The van der Waals surface area contributed by atoms with Crippen molar-refractivity contribution in [1.82, 2.24) is 10.2 Å². The zero-order chi connectivity index (χ0) is 34.2. The number of carbonyl (C=O) groups is 3. The third kappa shape index (κ3) is 8.73. The monoisotopic (exact) mass is 703 g/mol. The number of thiophene rings is 2. The molecule has 8 nitrogen and oxygen atoms in total. The number of nitrogens with zero attached hydrogens (tertiary/aromatic N) is 2. The maximum Gasteiger partial charge on any atom is 0.272 e. The Labute approximate surface area is 297 Å². The minimum absolute atomic E-state index is 0.109. The highest BCUT2D eigenvalue weighted by Gasteiger charge is 2.26. The minimum atomic E-state index is -0.481. The van der Waals surface area contributed by atoms with Crippen molar-refractivity contribution in [1.29, 1.82) is 5.26 Å². The summed E-state index contributed by atoms with van der Waals surface area (Å²) in [6, 6.07) is 32.3. The number of nitrogens with one attached hydrogen (secondary N) is 3. The molecule has 0 radical (unpaired) electrons. The first-order valence-electron chi connectivity index (χ1n) is 15.7. The molecule has 0 fully saturated rings. The number of fused-ring (bicyclic) bond motifs is 1. The van der Waals surface area contributed by atoms with Gasteiger partial charge in [-0.2, -0.15) is 5.26 Å². The van der Waals surface area contributed by atoms with Gasteiger partial charge in [0.2, 0.25) is 5.91 Å². The first-order chi connectivity index (χ1) is 23.9. The molecule has 3 aromatic carbocycles. The molecule has 1 atom stereocenters. The molecule has 0 spiro atoms. The summed E-state index contributed by atoms with van der Waals surface area (Å²) in [5.41, 5.74) is 3.90. The Morgan fingerprint density at radius 3 is 2.49 bits per heavy atom. The molecule has 0 saturated carbocycles. The van der Waals surface area contributed by atoms with Crippen molar-refractivity contribution in [2.45, 2.75) is 36.6 Å². The predicted octanol–water partition coefficient (Wildman–Crippen LogP) is 7.77. The topological polar surface area (TPSA) is 114 Å². The second-order valence-corrected chi connectivity index (χ2v) is 14.9. The molecule has 3 heterocycles. The molecule has 11 heteroatoms. The van der Waals surface area contributed by atoms with E-state index in [0.29, 0.717) is 21.8 Å². The number of thioether (sulfide) groups is 1. The van der Waals surface area contributed by atoms with Gasteiger partial charge in [-0.25, -0.2) is 0 Å². The Balaban J connectivity index is 1.09. The van der Waals surface area contributed by atoms with E-state index in [1.165, 1.54) is 40.0 Å². The van der Waals surface area contributed by atoms with Gasteiger partial charge in [0.1, 0.15) is 16.8 Å². The van der Waals surface area contributed by atoms with Crippen molar-refractivity contribution in [3.05, 3.63) is 140 Å². The molecule has 3 N–H and O–H groups in total. The summed E-state index contributed by atoms with van der Waals surface area (Å²) in [4.78, 5) is 44.8. The van der Waals surface area contributed by atoms with Crippen LogP contribution >= 0.6 is 34.4 Å². The van der Waals surface area contributed by atoms with Gasteiger partial charge in [-0.05, 0) is 72.3 Å².